The van der Waals surface area contributed by atoms with Gasteiger partial charge in [-0.2, -0.15) is 0 Å². The number of aromatic nitrogens is 2. The van der Waals surface area contributed by atoms with Crippen LogP contribution in [0.3, 0.4) is 0 Å². The lowest BCUT2D eigenvalue weighted by Gasteiger charge is -1.93. The Hall–Kier alpha value is -0.580. The van der Waals surface area contributed by atoms with Gasteiger partial charge in [0.25, 0.3) is 0 Å². The first kappa shape index (κ1) is 8.04. The zero-order chi connectivity index (χ0) is 8.55. The molecule has 2 rings (SSSR count). The fraction of sp³-hybridized carbons (Fsp3) is 0.222. The zero-order valence-corrected chi connectivity index (χ0v) is 8.95. The van der Waals surface area contributed by atoms with E-state index < -0.39 is 0 Å². The molecule has 0 fully saturated rings. The first-order valence-corrected chi connectivity index (χ1v) is 4.89. The van der Waals surface area contributed by atoms with Crippen LogP contribution >= 0.6 is 22.6 Å². The van der Waals surface area contributed by atoms with Gasteiger partial charge in [0.2, 0.25) is 0 Å². The van der Waals surface area contributed by atoms with Gasteiger partial charge >= 0.3 is 0 Å². The lowest BCUT2D eigenvalue weighted by Crippen LogP contribution is -1.81. The van der Waals surface area contributed by atoms with Crippen molar-refractivity contribution < 1.29 is 0 Å². The molecule has 0 aliphatic heterocycles. The molecule has 1 aromatic heterocycles. The summed E-state index contributed by atoms with van der Waals surface area (Å²) in [7, 11) is 0. The van der Waals surface area contributed by atoms with Crippen molar-refractivity contribution in [2.24, 2.45) is 0 Å². The summed E-state index contributed by atoms with van der Waals surface area (Å²) >= 11 is 2.39. The van der Waals surface area contributed by atoms with Crippen molar-refractivity contribution in [1.82, 2.24) is 9.55 Å². The second-order valence-electron chi connectivity index (χ2n) is 2.88. The molecule has 0 bridgehead atoms. The van der Waals surface area contributed by atoms with Gasteiger partial charge in [-0.3, -0.25) is 0 Å². The maximum atomic E-state index is 3.97. The predicted octanol–water partition coefficient (Wildman–Crippen LogP) is 2.84. The minimum Gasteiger partial charge on any atom is -0.313 e. The van der Waals surface area contributed by atoms with E-state index in [1.54, 1.807) is 12.5 Å². The van der Waals surface area contributed by atoms with E-state index in [-0.39, 0.29) is 0 Å². The molecule has 0 radical (unpaired) electrons. The third-order valence-corrected chi connectivity index (χ3v) is 2.91. The summed E-state index contributed by atoms with van der Waals surface area (Å²) in [6.07, 6.45) is 8.82. The Morgan fingerprint density at radius 1 is 1.75 bits per heavy atom. The standard InChI is InChI=1S/C9H9IN2/c1-7(8-4-9(8)10)5-12-3-2-11-6-12/h2-3,5-6H,4H2,1H3/b7-5-. The van der Waals surface area contributed by atoms with Crippen molar-refractivity contribution in [1.29, 1.82) is 0 Å². The number of allylic oxidation sites excluding steroid dienone is 3. The van der Waals surface area contributed by atoms with Gasteiger partial charge in [-0.25, -0.2) is 4.98 Å². The highest BCUT2D eigenvalue weighted by Gasteiger charge is 2.19. The van der Waals surface area contributed by atoms with Gasteiger partial charge in [0.05, 0.1) is 6.33 Å². The minimum atomic E-state index is 1.18. The van der Waals surface area contributed by atoms with E-state index >= 15 is 0 Å². The van der Waals surface area contributed by atoms with Crippen molar-refractivity contribution in [2.45, 2.75) is 13.3 Å². The average molecular weight is 272 g/mol. The fourth-order valence-corrected chi connectivity index (χ4v) is 1.92. The Morgan fingerprint density at radius 2 is 2.50 bits per heavy atom. The molecule has 0 spiro atoms. The summed E-state index contributed by atoms with van der Waals surface area (Å²) in [4.78, 5) is 3.97. The van der Waals surface area contributed by atoms with Crippen molar-refractivity contribution in [3.8, 4) is 0 Å². The molecule has 0 saturated heterocycles. The van der Waals surface area contributed by atoms with Crippen LogP contribution in [0.2, 0.25) is 0 Å². The van der Waals surface area contributed by atoms with Crippen LogP contribution in [-0.4, -0.2) is 9.55 Å². The molecule has 0 N–H and O–H groups in total. The molecule has 1 heterocycles. The molecule has 0 saturated carbocycles. The summed E-state index contributed by atoms with van der Waals surface area (Å²) < 4.78 is 3.46. The minimum absolute atomic E-state index is 1.18. The number of nitrogens with zero attached hydrogens (tertiary/aromatic N) is 2. The van der Waals surface area contributed by atoms with Gasteiger partial charge in [0, 0.05) is 25.0 Å². The molecule has 3 heteroatoms. The molecule has 2 nitrogen and oxygen atoms in total. The highest BCUT2D eigenvalue weighted by Crippen LogP contribution is 2.41. The lowest BCUT2D eigenvalue weighted by atomic mass is 10.2. The smallest absolute Gasteiger partial charge is 0.0986 e. The van der Waals surface area contributed by atoms with E-state index in [4.69, 9.17) is 0 Å². The van der Waals surface area contributed by atoms with Crippen LogP contribution in [-0.2, 0) is 0 Å². The molecule has 1 aromatic rings. The van der Waals surface area contributed by atoms with Crippen LogP contribution in [0.5, 0.6) is 0 Å². The monoisotopic (exact) mass is 272 g/mol. The van der Waals surface area contributed by atoms with E-state index in [0.29, 0.717) is 0 Å². The molecular formula is C9H9IN2. The van der Waals surface area contributed by atoms with Crippen LogP contribution in [0, 0.1) is 0 Å². The average Bonchev–Trinajstić information content (AvgIpc) is 2.58. The van der Waals surface area contributed by atoms with Crippen molar-refractivity contribution in [2.75, 3.05) is 0 Å². The summed E-state index contributed by atoms with van der Waals surface area (Å²) in [5.41, 5.74) is 2.83. The van der Waals surface area contributed by atoms with Crippen LogP contribution in [0.1, 0.15) is 13.3 Å². The first-order chi connectivity index (χ1) is 5.77. The van der Waals surface area contributed by atoms with Crippen LogP contribution in [0.4, 0.5) is 0 Å². The predicted molar refractivity (Wildman–Crippen MR) is 57.8 cm³/mol. The summed E-state index contributed by atoms with van der Waals surface area (Å²) in [6.45, 7) is 2.14. The second-order valence-corrected chi connectivity index (χ2v) is 4.18. The van der Waals surface area contributed by atoms with E-state index in [2.05, 4.69) is 40.7 Å². The van der Waals surface area contributed by atoms with Gasteiger partial charge in [-0.15, -0.1) is 0 Å². The Morgan fingerprint density at radius 3 is 3.00 bits per heavy atom. The Bertz CT molecular complexity index is 347. The molecule has 0 unspecified atom stereocenters. The molecule has 0 atom stereocenters. The highest BCUT2D eigenvalue weighted by molar-refractivity contribution is 14.1. The Balaban J connectivity index is 2.20. The molecule has 1 aliphatic rings. The Kier molecular flexibility index (Phi) is 2.04. The van der Waals surface area contributed by atoms with E-state index in [9.17, 15) is 0 Å². The van der Waals surface area contributed by atoms with Gasteiger partial charge in [0.1, 0.15) is 0 Å². The number of hydrogen-bond donors (Lipinski definition) is 0. The van der Waals surface area contributed by atoms with E-state index in [1.807, 2.05) is 10.8 Å². The van der Waals surface area contributed by atoms with Gasteiger partial charge < -0.3 is 4.57 Å². The molecule has 0 amide bonds. The SMILES string of the molecule is C/C(=C/n1ccnc1)C1=C(I)C1. The zero-order valence-electron chi connectivity index (χ0n) is 6.79. The van der Waals surface area contributed by atoms with Crippen molar-refractivity contribution in [3.05, 3.63) is 33.4 Å². The number of imidazole rings is 1. The van der Waals surface area contributed by atoms with Gasteiger partial charge in [-0.05, 0) is 44.2 Å². The normalized spacial score (nSPS) is 17.0. The number of hydrogen-bond acceptors (Lipinski definition) is 1. The van der Waals surface area contributed by atoms with E-state index in [0.717, 1.165) is 0 Å². The molecule has 12 heavy (non-hydrogen) atoms. The van der Waals surface area contributed by atoms with Crippen LogP contribution < -0.4 is 0 Å². The fourth-order valence-electron chi connectivity index (χ4n) is 1.11. The van der Waals surface area contributed by atoms with Crippen molar-refractivity contribution >= 4 is 28.8 Å². The maximum Gasteiger partial charge on any atom is 0.0986 e. The molecule has 62 valence electrons. The quantitative estimate of drug-likeness (QED) is 0.757. The summed E-state index contributed by atoms with van der Waals surface area (Å²) in [6, 6.07) is 0. The summed E-state index contributed by atoms with van der Waals surface area (Å²) in [5.74, 6) is 0. The summed E-state index contributed by atoms with van der Waals surface area (Å²) in [5, 5.41) is 0. The van der Waals surface area contributed by atoms with Gasteiger partial charge in [0.15, 0.2) is 0 Å². The van der Waals surface area contributed by atoms with Crippen molar-refractivity contribution in [3.63, 3.8) is 0 Å². The largest absolute Gasteiger partial charge is 0.313 e. The second kappa shape index (κ2) is 3.05. The molecule has 1 aliphatic carbocycles. The molecule has 0 aromatic carbocycles. The topological polar surface area (TPSA) is 17.8 Å². The number of rotatable bonds is 2. The van der Waals surface area contributed by atoms with Crippen LogP contribution in [0.15, 0.2) is 33.4 Å². The maximum absolute atomic E-state index is 3.97. The van der Waals surface area contributed by atoms with Crippen LogP contribution in [0.25, 0.3) is 6.20 Å². The first-order valence-electron chi connectivity index (χ1n) is 3.81. The third kappa shape index (κ3) is 1.60. The highest BCUT2D eigenvalue weighted by atomic mass is 127. The van der Waals surface area contributed by atoms with E-state index in [1.165, 1.54) is 21.1 Å². The Labute approximate surface area is 85.1 Å². The molecular weight excluding hydrogens is 263 g/mol. The number of halogens is 1. The third-order valence-electron chi connectivity index (χ3n) is 1.88. The van der Waals surface area contributed by atoms with Gasteiger partial charge in [-0.1, -0.05) is 0 Å². The lowest BCUT2D eigenvalue weighted by molar-refractivity contribution is 1.12.